The van der Waals surface area contributed by atoms with Gasteiger partial charge in [0.1, 0.15) is 11.9 Å². The maximum absolute atomic E-state index is 13.7. The largest absolute Gasteiger partial charge is 0.367 e. The summed E-state index contributed by atoms with van der Waals surface area (Å²) in [5.74, 6) is -0.237. The molecule has 164 valence electrons. The van der Waals surface area contributed by atoms with Crippen LogP contribution in [-0.4, -0.2) is 66.7 Å². The van der Waals surface area contributed by atoms with Gasteiger partial charge in [0.05, 0.1) is 12.6 Å². The number of amides is 1. The van der Waals surface area contributed by atoms with E-state index >= 15 is 0 Å². The normalized spacial score (nSPS) is 31.1. The van der Waals surface area contributed by atoms with Gasteiger partial charge in [-0.2, -0.15) is 0 Å². The lowest BCUT2D eigenvalue weighted by Gasteiger charge is -2.48. The number of rotatable bonds is 2. The van der Waals surface area contributed by atoms with Crippen molar-refractivity contribution in [3.05, 3.63) is 71.0 Å². The van der Waals surface area contributed by atoms with Gasteiger partial charge in [-0.15, -0.1) is 0 Å². The molecule has 5 atom stereocenters. The molecule has 0 bridgehead atoms. The Kier molecular flexibility index (Phi) is 5.54. The second-order valence-electron chi connectivity index (χ2n) is 9.09. The second-order valence-corrected chi connectivity index (χ2v) is 9.09. The molecule has 2 aromatic carbocycles. The Morgan fingerprint density at radius 3 is 2.74 bits per heavy atom. The van der Waals surface area contributed by atoms with Gasteiger partial charge in [0.25, 0.3) is 5.91 Å². The summed E-state index contributed by atoms with van der Waals surface area (Å²) < 4.78 is 19.7. The molecule has 5 rings (SSSR count). The SMILES string of the molecule is C[C@@H]1CN[C@H]2C[C@H](C(=O)N3CCc4ccccc4[C@@H]3c3ccc(F)cc3)OC[C@@H]2N1C. The van der Waals surface area contributed by atoms with Crippen LogP contribution in [0.5, 0.6) is 0 Å². The lowest BCUT2D eigenvalue weighted by atomic mass is 9.87. The smallest absolute Gasteiger partial charge is 0.252 e. The fourth-order valence-corrected chi connectivity index (χ4v) is 5.37. The van der Waals surface area contributed by atoms with Crippen LogP contribution in [0, 0.1) is 5.82 Å². The van der Waals surface area contributed by atoms with E-state index in [1.54, 1.807) is 12.1 Å². The standard InChI is InChI=1S/C25H30FN3O2/c1-16-14-27-21-13-23(31-15-22(21)28(16)2)25(30)29-12-11-17-5-3-4-6-20(17)24(29)18-7-9-19(26)10-8-18/h3-10,16,21-24,27H,11-15H2,1-2H3/t16-,21+,22+,23-,24+/m1/s1. The van der Waals surface area contributed by atoms with Gasteiger partial charge in [0.15, 0.2) is 0 Å². The molecule has 5 nitrogen and oxygen atoms in total. The van der Waals surface area contributed by atoms with Crippen molar-refractivity contribution in [2.45, 2.75) is 50.0 Å². The first-order valence-electron chi connectivity index (χ1n) is 11.2. The summed E-state index contributed by atoms with van der Waals surface area (Å²) in [5, 5.41) is 3.62. The Morgan fingerprint density at radius 1 is 1.16 bits per heavy atom. The highest BCUT2D eigenvalue weighted by molar-refractivity contribution is 5.82. The van der Waals surface area contributed by atoms with Crippen LogP contribution in [0.4, 0.5) is 4.39 Å². The van der Waals surface area contributed by atoms with Crippen LogP contribution in [-0.2, 0) is 16.0 Å². The third kappa shape index (κ3) is 3.77. The van der Waals surface area contributed by atoms with Gasteiger partial charge in [-0.05, 0) is 55.6 Å². The number of hydrogen-bond acceptors (Lipinski definition) is 4. The molecule has 1 N–H and O–H groups in total. The molecule has 1 amide bonds. The van der Waals surface area contributed by atoms with Gasteiger partial charge in [0.2, 0.25) is 0 Å². The molecule has 0 spiro atoms. The Morgan fingerprint density at radius 2 is 1.94 bits per heavy atom. The monoisotopic (exact) mass is 423 g/mol. The van der Waals surface area contributed by atoms with Crippen molar-refractivity contribution in [1.29, 1.82) is 0 Å². The van der Waals surface area contributed by atoms with E-state index in [2.05, 4.69) is 36.3 Å². The molecule has 6 heteroatoms. The van der Waals surface area contributed by atoms with Gasteiger partial charge in [0, 0.05) is 31.2 Å². The predicted molar refractivity (Wildman–Crippen MR) is 117 cm³/mol. The van der Waals surface area contributed by atoms with Crippen molar-refractivity contribution < 1.29 is 13.9 Å². The third-order valence-corrected chi connectivity index (χ3v) is 7.32. The predicted octanol–water partition coefficient (Wildman–Crippen LogP) is 2.75. The van der Waals surface area contributed by atoms with E-state index in [4.69, 9.17) is 4.74 Å². The van der Waals surface area contributed by atoms with Crippen molar-refractivity contribution in [2.75, 3.05) is 26.7 Å². The van der Waals surface area contributed by atoms with Crippen LogP contribution < -0.4 is 5.32 Å². The Bertz CT molecular complexity index is 950. The molecule has 0 radical (unpaired) electrons. The molecule has 0 aliphatic carbocycles. The first kappa shape index (κ1) is 20.6. The van der Waals surface area contributed by atoms with Crippen molar-refractivity contribution in [2.24, 2.45) is 0 Å². The van der Waals surface area contributed by atoms with Gasteiger partial charge in [-0.25, -0.2) is 4.39 Å². The zero-order valence-corrected chi connectivity index (χ0v) is 18.1. The van der Waals surface area contributed by atoms with E-state index in [9.17, 15) is 9.18 Å². The minimum absolute atomic E-state index is 0.0327. The van der Waals surface area contributed by atoms with E-state index in [0.29, 0.717) is 31.7 Å². The Labute approximate surface area is 183 Å². The lowest BCUT2D eigenvalue weighted by molar-refractivity contribution is -0.154. The molecule has 0 aromatic heterocycles. The van der Waals surface area contributed by atoms with Gasteiger partial charge in [-0.3, -0.25) is 9.69 Å². The fraction of sp³-hybridized carbons (Fsp3) is 0.480. The minimum Gasteiger partial charge on any atom is -0.367 e. The molecular formula is C25H30FN3O2. The Balaban J connectivity index is 1.42. The average molecular weight is 424 g/mol. The summed E-state index contributed by atoms with van der Waals surface area (Å²) in [5.41, 5.74) is 3.29. The maximum atomic E-state index is 13.7. The van der Waals surface area contributed by atoms with E-state index < -0.39 is 6.10 Å². The van der Waals surface area contributed by atoms with E-state index in [1.807, 2.05) is 17.0 Å². The summed E-state index contributed by atoms with van der Waals surface area (Å²) in [4.78, 5) is 18.0. The van der Waals surface area contributed by atoms with Crippen LogP contribution in [0.1, 0.15) is 36.1 Å². The number of nitrogens with zero attached hydrogens (tertiary/aromatic N) is 2. The molecule has 2 saturated heterocycles. The Hall–Kier alpha value is -2.28. The zero-order valence-electron chi connectivity index (χ0n) is 18.1. The quantitative estimate of drug-likeness (QED) is 0.807. The summed E-state index contributed by atoms with van der Waals surface area (Å²) >= 11 is 0. The summed E-state index contributed by atoms with van der Waals surface area (Å²) in [7, 11) is 2.14. The molecule has 0 saturated carbocycles. The van der Waals surface area contributed by atoms with Crippen molar-refractivity contribution in [3.8, 4) is 0 Å². The van der Waals surface area contributed by atoms with Crippen molar-refractivity contribution in [3.63, 3.8) is 0 Å². The number of ether oxygens (including phenoxy) is 1. The summed E-state index contributed by atoms with van der Waals surface area (Å²) in [6, 6.07) is 15.6. The third-order valence-electron chi connectivity index (χ3n) is 7.32. The topological polar surface area (TPSA) is 44.8 Å². The molecule has 31 heavy (non-hydrogen) atoms. The maximum Gasteiger partial charge on any atom is 0.252 e. The molecule has 2 fully saturated rings. The van der Waals surface area contributed by atoms with Crippen LogP contribution in [0.15, 0.2) is 48.5 Å². The first-order valence-corrected chi connectivity index (χ1v) is 11.2. The molecule has 3 heterocycles. The highest BCUT2D eigenvalue weighted by Gasteiger charge is 2.43. The number of nitrogens with one attached hydrogen (secondary N) is 1. The van der Waals surface area contributed by atoms with Crippen LogP contribution >= 0.6 is 0 Å². The van der Waals surface area contributed by atoms with E-state index in [-0.39, 0.29) is 23.8 Å². The fourth-order valence-electron chi connectivity index (χ4n) is 5.37. The second kappa shape index (κ2) is 8.34. The number of piperazine rings is 1. The molecule has 2 aromatic rings. The highest BCUT2D eigenvalue weighted by atomic mass is 19.1. The number of carbonyl (C=O) groups is 1. The number of likely N-dealkylation sites (N-methyl/N-ethyl adjacent to an activating group) is 1. The summed E-state index contributed by atoms with van der Waals surface area (Å²) in [6.45, 7) is 4.32. The van der Waals surface area contributed by atoms with Crippen molar-refractivity contribution >= 4 is 5.91 Å². The lowest BCUT2D eigenvalue weighted by Crippen LogP contribution is -2.66. The minimum atomic E-state index is -0.455. The highest BCUT2D eigenvalue weighted by Crippen LogP contribution is 2.36. The number of fused-ring (bicyclic) bond motifs is 2. The zero-order chi connectivity index (χ0) is 21.5. The van der Waals surface area contributed by atoms with Gasteiger partial charge < -0.3 is 15.0 Å². The number of halogens is 1. The van der Waals surface area contributed by atoms with E-state index in [0.717, 1.165) is 24.1 Å². The first-order chi connectivity index (χ1) is 15.0. The molecule has 3 aliphatic heterocycles. The molecule has 3 aliphatic rings. The van der Waals surface area contributed by atoms with Gasteiger partial charge >= 0.3 is 0 Å². The van der Waals surface area contributed by atoms with E-state index in [1.165, 1.54) is 17.7 Å². The van der Waals surface area contributed by atoms with Crippen LogP contribution in [0.3, 0.4) is 0 Å². The number of carbonyl (C=O) groups excluding carboxylic acids is 1. The van der Waals surface area contributed by atoms with Crippen molar-refractivity contribution in [1.82, 2.24) is 15.1 Å². The number of hydrogen-bond donors (Lipinski definition) is 1. The van der Waals surface area contributed by atoms with Gasteiger partial charge in [-0.1, -0.05) is 36.4 Å². The van der Waals surface area contributed by atoms with Crippen LogP contribution in [0.2, 0.25) is 0 Å². The van der Waals surface area contributed by atoms with Crippen LogP contribution in [0.25, 0.3) is 0 Å². The summed E-state index contributed by atoms with van der Waals surface area (Å²) in [6.07, 6.45) is 1.04. The molecular weight excluding hydrogens is 393 g/mol. The number of benzene rings is 2. The average Bonchev–Trinajstić information content (AvgIpc) is 2.81. The molecule has 0 unspecified atom stereocenters.